The third kappa shape index (κ3) is 2.60. The summed E-state index contributed by atoms with van der Waals surface area (Å²) in [7, 11) is 0. The predicted molar refractivity (Wildman–Crippen MR) is 70.2 cm³/mol. The normalized spacial score (nSPS) is 10.2. The molecule has 0 spiro atoms. The van der Waals surface area contributed by atoms with Crippen LogP contribution in [0.3, 0.4) is 0 Å². The van der Waals surface area contributed by atoms with Crippen molar-refractivity contribution in [1.82, 2.24) is 4.98 Å². The molecule has 2 aromatic rings. The van der Waals surface area contributed by atoms with E-state index in [0.29, 0.717) is 12.2 Å². The van der Waals surface area contributed by atoms with Crippen molar-refractivity contribution in [2.75, 3.05) is 24.2 Å². The van der Waals surface area contributed by atoms with Crippen LogP contribution in [0, 0.1) is 0 Å². The third-order valence-corrected chi connectivity index (χ3v) is 2.46. The SMILES string of the molecule is NC(=O)OCCNc1ccc(N)c2ncccc12. The van der Waals surface area contributed by atoms with Crippen LogP contribution in [0.5, 0.6) is 0 Å². The number of ether oxygens (including phenoxy) is 1. The zero-order valence-electron chi connectivity index (χ0n) is 9.72. The smallest absolute Gasteiger partial charge is 0.404 e. The van der Waals surface area contributed by atoms with E-state index in [0.717, 1.165) is 16.6 Å². The number of primary amides is 1. The summed E-state index contributed by atoms with van der Waals surface area (Å²) in [4.78, 5) is 14.6. The molecule has 0 aliphatic heterocycles. The van der Waals surface area contributed by atoms with Crippen LogP contribution in [-0.2, 0) is 4.74 Å². The molecule has 0 saturated carbocycles. The second-order valence-corrected chi connectivity index (χ2v) is 3.70. The lowest BCUT2D eigenvalue weighted by Gasteiger charge is -2.10. The van der Waals surface area contributed by atoms with Crippen molar-refractivity contribution >= 4 is 28.4 Å². The van der Waals surface area contributed by atoms with Crippen molar-refractivity contribution in [3.8, 4) is 0 Å². The van der Waals surface area contributed by atoms with Gasteiger partial charge in [0, 0.05) is 23.8 Å². The van der Waals surface area contributed by atoms with Gasteiger partial charge >= 0.3 is 6.09 Å². The largest absolute Gasteiger partial charge is 0.448 e. The zero-order valence-corrected chi connectivity index (χ0v) is 9.72. The number of aromatic nitrogens is 1. The summed E-state index contributed by atoms with van der Waals surface area (Å²) in [5.41, 5.74) is 13.0. The van der Waals surface area contributed by atoms with Crippen LogP contribution in [0.4, 0.5) is 16.2 Å². The van der Waals surface area contributed by atoms with Gasteiger partial charge in [0.05, 0.1) is 11.2 Å². The first-order chi connectivity index (χ1) is 8.68. The lowest BCUT2D eigenvalue weighted by molar-refractivity contribution is 0.161. The van der Waals surface area contributed by atoms with Crippen molar-refractivity contribution in [3.63, 3.8) is 0 Å². The summed E-state index contributed by atoms with van der Waals surface area (Å²) < 4.78 is 4.64. The number of carbonyl (C=O) groups excluding carboxylic acids is 1. The Morgan fingerprint density at radius 2 is 2.22 bits per heavy atom. The number of nitrogens with one attached hydrogen (secondary N) is 1. The molecule has 6 heteroatoms. The molecule has 1 amide bonds. The summed E-state index contributed by atoms with van der Waals surface area (Å²) in [6.45, 7) is 0.679. The van der Waals surface area contributed by atoms with Gasteiger partial charge in [0.25, 0.3) is 0 Å². The number of hydrogen-bond acceptors (Lipinski definition) is 5. The number of hydrogen-bond donors (Lipinski definition) is 3. The van der Waals surface area contributed by atoms with Crippen molar-refractivity contribution in [2.45, 2.75) is 0 Å². The van der Waals surface area contributed by atoms with E-state index in [9.17, 15) is 4.79 Å². The Morgan fingerprint density at radius 3 is 3.00 bits per heavy atom. The summed E-state index contributed by atoms with van der Waals surface area (Å²) >= 11 is 0. The van der Waals surface area contributed by atoms with Gasteiger partial charge < -0.3 is 21.5 Å². The number of anilines is 2. The molecule has 2 rings (SSSR count). The Hall–Kier alpha value is -2.50. The van der Waals surface area contributed by atoms with E-state index in [1.807, 2.05) is 18.2 Å². The topological polar surface area (TPSA) is 103 Å². The van der Waals surface area contributed by atoms with E-state index >= 15 is 0 Å². The summed E-state index contributed by atoms with van der Waals surface area (Å²) in [5.74, 6) is 0. The number of carbonyl (C=O) groups is 1. The summed E-state index contributed by atoms with van der Waals surface area (Å²) in [6, 6.07) is 7.42. The molecule has 0 fully saturated rings. The molecular formula is C12H14N4O2. The average Bonchev–Trinajstić information content (AvgIpc) is 2.37. The molecule has 0 saturated heterocycles. The van der Waals surface area contributed by atoms with Gasteiger partial charge in [-0.3, -0.25) is 4.98 Å². The lowest BCUT2D eigenvalue weighted by atomic mass is 10.1. The van der Waals surface area contributed by atoms with Crippen LogP contribution in [0.25, 0.3) is 10.9 Å². The highest BCUT2D eigenvalue weighted by atomic mass is 16.5. The lowest BCUT2D eigenvalue weighted by Crippen LogP contribution is -2.18. The number of pyridine rings is 1. The maximum atomic E-state index is 10.4. The second-order valence-electron chi connectivity index (χ2n) is 3.70. The fourth-order valence-electron chi connectivity index (χ4n) is 1.69. The third-order valence-electron chi connectivity index (χ3n) is 2.46. The van der Waals surface area contributed by atoms with Gasteiger partial charge in [-0.2, -0.15) is 0 Å². The van der Waals surface area contributed by atoms with E-state index in [2.05, 4.69) is 15.0 Å². The first-order valence-corrected chi connectivity index (χ1v) is 5.48. The van der Waals surface area contributed by atoms with Crippen LogP contribution in [0.15, 0.2) is 30.5 Å². The quantitative estimate of drug-likeness (QED) is 0.557. The molecule has 1 aromatic carbocycles. The fraction of sp³-hybridized carbons (Fsp3) is 0.167. The van der Waals surface area contributed by atoms with Crippen LogP contribution in [0.1, 0.15) is 0 Å². The number of rotatable bonds is 4. The van der Waals surface area contributed by atoms with Crippen LogP contribution >= 0.6 is 0 Å². The predicted octanol–water partition coefficient (Wildman–Crippen LogP) is 1.32. The van der Waals surface area contributed by atoms with Gasteiger partial charge in [-0.25, -0.2) is 4.79 Å². The van der Waals surface area contributed by atoms with E-state index in [1.165, 1.54) is 0 Å². The molecule has 0 atom stereocenters. The molecule has 18 heavy (non-hydrogen) atoms. The minimum atomic E-state index is -0.777. The number of nitrogens with zero attached hydrogens (tertiary/aromatic N) is 1. The van der Waals surface area contributed by atoms with Gasteiger partial charge in [-0.05, 0) is 24.3 Å². The highest BCUT2D eigenvalue weighted by Crippen LogP contribution is 2.25. The first-order valence-electron chi connectivity index (χ1n) is 5.48. The van der Waals surface area contributed by atoms with Gasteiger partial charge in [0.15, 0.2) is 0 Å². The number of benzene rings is 1. The minimum absolute atomic E-state index is 0.210. The molecule has 0 unspecified atom stereocenters. The zero-order chi connectivity index (χ0) is 13.0. The number of nitrogens with two attached hydrogens (primary N) is 2. The second kappa shape index (κ2) is 5.22. The highest BCUT2D eigenvalue weighted by molar-refractivity contribution is 5.98. The van der Waals surface area contributed by atoms with Gasteiger partial charge in [0.1, 0.15) is 6.61 Å². The summed E-state index contributed by atoms with van der Waals surface area (Å²) in [5, 5.41) is 4.07. The van der Waals surface area contributed by atoms with Crippen LogP contribution in [0.2, 0.25) is 0 Å². The van der Waals surface area contributed by atoms with Crippen LogP contribution < -0.4 is 16.8 Å². The fourth-order valence-corrected chi connectivity index (χ4v) is 1.69. The number of fused-ring (bicyclic) bond motifs is 1. The minimum Gasteiger partial charge on any atom is -0.448 e. The Balaban J connectivity index is 2.14. The Labute approximate surface area is 104 Å². The molecule has 5 N–H and O–H groups in total. The summed E-state index contributed by atoms with van der Waals surface area (Å²) in [6.07, 6.45) is 0.916. The first kappa shape index (κ1) is 12.0. The van der Waals surface area contributed by atoms with Crippen molar-refractivity contribution in [2.24, 2.45) is 5.73 Å². The molecule has 0 aliphatic carbocycles. The Morgan fingerprint density at radius 1 is 1.39 bits per heavy atom. The number of amides is 1. The van der Waals surface area contributed by atoms with E-state index < -0.39 is 6.09 Å². The van der Waals surface area contributed by atoms with Crippen LogP contribution in [-0.4, -0.2) is 24.2 Å². The maximum absolute atomic E-state index is 10.4. The van der Waals surface area contributed by atoms with E-state index in [1.54, 1.807) is 12.3 Å². The maximum Gasteiger partial charge on any atom is 0.404 e. The van der Waals surface area contributed by atoms with E-state index in [-0.39, 0.29) is 6.61 Å². The molecule has 94 valence electrons. The van der Waals surface area contributed by atoms with Crippen molar-refractivity contribution < 1.29 is 9.53 Å². The molecule has 0 bridgehead atoms. The van der Waals surface area contributed by atoms with Gasteiger partial charge in [0.2, 0.25) is 0 Å². The standard InChI is InChI=1S/C12H14N4O2/c13-9-3-4-10(15-6-7-18-12(14)17)8-2-1-5-16-11(8)9/h1-5,15H,6-7,13H2,(H2,14,17). The Kier molecular flexibility index (Phi) is 3.47. The molecule has 0 radical (unpaired) electrons. The van der Waals surface area contributed by atoms with Gasteiger partial charge in [-0.1, -0.05) is 0 Å². The molecule has 1 aromatic heterocycles. The molecule has 1 heterocycles. The van der Waals surface area contributed by atoms with Crippen molar-refractivity contribution in [1.29, 1.82) is 0 Å². The molecular weight excluding hydrogens is 232 g/mol. The monoisotopic (exact) mass is 246 g/mol. The molecule has 6 nitrogen and oxygen atoms in total. The number of nitrogen functional groups attached to an aromatic ring is 1. The molecule has 0 aliphatic rings. The van der Waals surface area contributed by atoms with E-state index in [4.69, 9.17) is 11.5 Å². The average molecular weight is 246 g/mol. The van der Waals surface area contributed by atoms with Gasteiger partial charge in [-0.15, -0.1) is 0 Å². The Bertz CT molecular complexity index is 571. The van der Waals surface area contributed by atoms with Crippen molar-refractivity contribution in [3.05, 3.63) is 30.5 Å². The highest BCUT2D eigenvalue weighted by Gasteiger charge is 2.04.